The highest BCUT2D eigenvalue weighted by Gasteiger charge is 2.54. The molecule has 1 heterocycles. The highest BCUT2D eigenvalue weighted by atomic mass is 16.2. The summed E-state index contributed by atoms with van der Waals surface area (Å²) in [7, 11) is 0. The van der Waals surface area contributed by atoms with Gasteiger partial charge in [-0.15, -0.1) is 0 Å². The molecule has 1 amide bonds. The molecular formula is C21H25N3O. The number of amides is 1. The van der Waals surface area contributed by atoms with E-state index in [9.17, 15) is 4.79 Å². The number of hydrogen-bond donors (Lipinski definition) is 2. The van der Waals surface area contributed by atoms with Gasteiger partial charge in [0.2, 0.25) is 5.91 Å². The van der Waals surface area contributed by atoms with Gasteiger partial charge in [0.25, 0.3) is 0 Å². The number of carbonyl (C=O) groups is 1. The van der Waals surface area contributed by atoms with Crippen LogP contribution in [0, 0.1) is 30.1 Å². The van der Waals surface area contributed by atoms with Crippen molar-refractivity contribution in [2.45, 2.75) is 45.4 Å². The van der Waals surface area contributed by atoms with Crippen LogP contribution in [0.25, 0.3) is 10.9 Å². The fraction of sp³-hybridized carbons (Fsp3) is 0.524. The third kappa shape index (κ3) is 2.42. The smallest absolute Gasteiger partial charge is 0.246 e. The average molecular weight is 335 g/mol. The van der Waals surface area contributed by atoms with Crippen molar-refractivity contribution in [3.63, 3.8) is 0 Å². The molecule has 0 saturated heterocycles. The van der Waals surface area contributed by atoms with Gasteiger partial charge in [0.05, 0.1) is 11.6 Å². The average Bonchev–Trinajstić information content (AvgIpc) is 2.89. The molecule has 0 atom stereocenters. The zero-order valence-corrected chi connectivity index (χ0v) is 14.7. The molecule has 6 rings (SSSR count). The van der Waals surface area contributed by atoms with Crippen LogP contribution in [0.4, 0.5) is 0 Å². The van der Waals surface area contributed by atoms with Gasteiger partial charge in [-0.25, -0.2) is 5.43 Å². The van der Waals surface area contributed by atoms with E-state index in [2.05, 4.69) is 27.6 Å². The van der Waals surface area contributed by atoms with E-state index < -0.39 is 0 Å². The van der Waals surface area contributed by atoms with Gasteiger partial charge in [-0.3, -0.25) is 4.79 Å². The van der Waals surface area contributed by atoms with E-state index in [-0.39, 0.29) is 11.3 Å². The number of hydrazone groups is 1. The lowest BCUT2D eigenvalue weighted by atomic mass is 9.49. The van der Waals surface area contributed by atoms with E-state index in [0.29, 0.717) is 0 Å². The molecule has 4 aliphatic rings. The summed E-state index contributed by atoms with van der Waals surface area (Å²) >= 11 is 0. The SMILES string of the molecule is Cc1[nH]c2ccccc2c1/C=N\NC(=O)C12CC3CC(CC(C3)C1)C2. The van der Waals surface area contributed by atoms with Crippen molar-refractivity contribution in [1.82, 2.24) is 10.4 Å². The summed E-state index contributed by atoms with van der Waals surface area (Å²) in [6.45, 7) is 2.04. The quantitative estimate of drug-likeness (QED) is 0.643. The molecule has 4 fully saturated rings. The first-order valence-corrected chi connectivity index (χ1v) is 9.54. The van der Waals surface area contributed by atoms with E-state index in [4.69, 9.17) is 0 Å². The number of H-pyrrole nitrogens is 1. The normalized spacial score (nSPS) is 33.4. The van der Waals surface area contributed by atoms with Crippen LogP contribution in [0.3, 0.4) is 0 Å². The van der Waals surface area contributed by atoms with Gasteiger partial charge >= 0.3 is 0 Å². The molecule has 0 spiro atoms. The number of carbonyl (C=O) groups excluding carboxylic acids is 1. The summed E-state index contributed by atoms with van der Waals surface area (Å²) in [6, 6.07) is 8.20. The largest absolute Gasteiger partial charge is 0.358 e. The first kappa shape index (κ1) is 15.2. The van der Waals surface area contributed by atoms with Crippen LogP contribution in [0.1, 0.15) is 49.8 Å². The minimum absolute atomic E-state index is 0.138. The van der Waals surface area contributed by atoms with Crippen LogP contribution >= 0.6 is 0 Å². The third-order valence-electron chi connectivity index (χ3n) is 6.82. The zero-order valence-electron chi connectivity index (χ0n) is 14.7. The molecule has 25 heavy (non-hydrogen) atoms. The minimum Gasteiger partial charge on any atom is -0.358 e. The maximum atomic E-state index is 12.9. The van der Waals surface area contributed by atoms with E-state index in [0.717, 1.165) is 59.2 Å². The minimum atomic E-state index is -0.138. The number of aryl methyl sites for hydroxylation is 1. The van der Waals surface area contributed by atoms with Crippen molar-refractivity contribution < 1.29 is 4.79 Å². The highest BCUT2D eigenvalue weighted by Crippen LogP contribution is 2.60. The van der Waals surface area contributed by atoms with Crippen LogP contribution in [0.2, 0.25) is 0 Å². The Morgan fingerprint density at radius 2 is 1.80 bits per heavy atom. The molecule has 4 nitrogen and oxygen atoms in total. The Morgan fingerprint density at radius 3 is 2.48 bits per heavy atom. The fourth-order valence-corrected chi connectivity index (χ4v) is 6.13. The first-order valence-electron chi connectivity index (χ1n) is 9.54. The second-order valence-electron chi connectivity index (χ2n) is 8.61. The Balaban J connectivity index is 1.35. The number of nitrogens with zero attached hydrogens (tertiary/aromatic N) is 1. The van der Waals surface area contributed by atoms with Gasteiger partial charge in [0.15, 0.2) is 0 Å². The summed E-state index contributed by atoms with van der Waals surface area (Å²) in [4.78, 5) is 16.3. The Kier molecular flexibility index (Phi) is 3.31. The van der Waals surface area contributed by atoms with Crippen molar-refractivity contribution in [3.05, 3.63) is 35.5 Å². The van der Waals surface area contributed by atoms with Crippen LogP contribution in [0.15, 0.2) is 29.4 Å². The van der Waals surface area contributed by atoms with Crippen LogP contribution in [-0.2, 0) is 4.79 Å². The van der Waals surface area contributed by atoms with E-state index in [1.165, 1.54) is 19.3 Å². The molecule has 1 aromatic carbocycles. The number of benzene rings is 1. The van der Waals surface area contributed by atoms with Crippen molar-refractivity contribution in [3.8, 4) is 0 Å². The molecular weight excluding hydrogens is 310 g/mol. The lowest BCUT2D eigenvalue weighted by molar-refractivity contribution is -0.146. The fourth-order valence-electron chi connectivity index (χ4n) is 6.13. The van der Waals surface area contributed by atoms with Crippen LogP contribution in [-0.4, -0.2) is 17.1 Å². The van der Waals surface area contributed by atoms with E-state index in [1.807, 2.05) is 19.1 Å². The predicted molar refractivity (Wildman–Crippen MR) is 99.4 cm³/mol. The standard InChI is InChI=1S/C21H25N3O/c1-13-18(17-4-2-3-5-19(17)23-13)12-22-24-20(25)21-9-14-6-15(10-21)8-16(7-14)11-21/h2-5,12,14-16,23H,6-11H2,1H3,(H,24,25)/b22-12-. The van der Waals surface area contributed by atoms with Gasteiger partial charge in [0.1, 0.15) is 0 Å². The predicted octanol–water partition coefficient (Wildman–Crippen LogP) is 4.14. The second kappa shape index (κ2) is 5.45. The van der Waals surface area contributed by atoms with Crippen molar-refractivity contribution in [2.24, 2.45) is 28.3 Å². The van der Waals surface area contributed by atoms with Crippen LogP contribution < -0.4 is 5.43 Å². The maximum absolute atomic E-state index is 12.9. The van der Waals surface area contributed by atoms with Crippen LogP contribution in [0.5, 0.6) is 0 Å². The van der Waals surface area contributed by atoms with Gasteiger partial charge < -0.3 is 4.98 Å². The number of nitrogens with one attached hydrogen (secondary N) is 2. The number of aromatic amines is 1. The number of hydrogen-bond acceptors (Lipinski definition) is 2. The number of para-hydroxylation sites is 1. The number of rotatable bonds is 3. The van der Waals surface area contributed by atoms with Gasteiger partial charge in [-0.1, -0.05) is 18.2 Å². The molecule has 4 heteroatoms. The highest BCUT2D eigenvalue weighted by molar-refractivity contribution is 6.01. The number of fused-ring (bicyclic) bond motifs is 1. The molecule has 0 unspecified atom stereocenters. The lowest BCUT2D eigenvalue weighted by Gasteiger charge is -2.55. The maximum Gasteiger partial charge on any atom is 0.246 e. The first-order chi connectivity index (χ1) is 12.1. The molecule has 130 valence electrons. The summed E-state index contributed by atoms with van der Waals surface area (Å²) in [5.74, 6) is 2.48. The molecule has 4 aliphatic carbocycles. The van der Waals surface area contributed by atoms with Crippen molar-refractivity contribution in [2.75, 3.05) is 0 Å². The molecule has 0 radical (unpaired) electrons. The molecule has 0 aliphatic heterocycles. The molecule has 1 aromatic heterocycles. The summed E-state index contributed by atoms with van der Waals surface area (Å²) in [5.41, 5.74) is 5.99. The van der Waals surface area contributed by atoms with E-state index >= 15 is 0 Å². The molecule has 4 bridgehead atoms. The summed E-state index contributed by atoms with van der Waals surface area (Å²) < 4.78 is 0. The second-order valence-corrected chi connectivity index (χ2v) is 8.61. The topological polar surface area (TPSA) is 57.2 Å². The zero-order chi connectivity index (χ0) is 17.0. The van der Waals surface area contributed by atoms with Gasteiger partial charge in [-0.2, -0.15) is 5.10 Å². The monoisotopic (exact) mass is 335 g/mol. The van der Waals surface area contributed by atoms with Crippen molar-refractivity contribution in [1.29, 1.82) is 0 Å². The Morgan fingerprint density at radius 1 is 1.16 bits per heavy atom. The van der Waals surface area contributed by atoms with Gasteiger partial charge in [0, 0.05) is 22.2 Å². The Labute approximate surface area is 148 Å². The Hall–Kier alpha value is -2.10. The Bertz CT molecular complexity index is 828. The summed E-state index contributed by atoms with van der Waals surface area (Å²) in [5, 5.41) is 5.48. The van der Waals surface area contributed by atoms with E-state index in [1.54, 1.807) is 6.21 Å². The molecule has 2 N–H and O–H groups in total. The van der Waals surface area contributed by atoms with Crippen molar-refractivity contribution >= 4 is 23.0 Å². The lowest BCUT2D eigenvalue weighted by Crippen LogP contribution is -2.52. The van der Waals surface area contributed by atoms with Gasteiger partial charge in [-0.05, 0) is 69.3 Å². The number of aromatic nitrogens is 1. The molecule has 4 saturated carbocycles. The third-order valence-corrected chi connectivity index (χ3v) is 6.82. The summed E-state index contributed by atoms with van der Waals surface area (Å²) in [6.07, 6.45) is 9.08. The molecule has 2 aromatic rings.